The Kier molecular flexibility index (Phi) is 5.49. The van der Waals surface area contributed by atoms with Crippen molar-refractivity contribution in [2.75, 3.05) is 20.6 Å². The fraction of sp³-hybridized carbons (Fsp3) is 1.00. The largest absolute Gasteiger partial charge is 0.317 e. The second kappa shape index (κ2) is 6.41. The maximum atomic E-state index is 3.42. The molecular formula is C12H26N2. The van der Waals surface area contributed by atoms with Gasteiger partial charge in [-0.15, -0.1) is 0 Å². The molecule has 0 aromatic heterocycles. The number of unbranched alkanes of at least 4 members (excludes halogenated alkanes) is 1. The minimum absolute atomic E-state index is 0.762. The molecule has 2 nitrogen and oxygen atoms in total. The summed E-state index contributed by atoms with van der Waals surface area (Å²) in [7, 11) is 4.39. The standard InChI is InChI=1S/C12H26N2/c1-4-5-9-14(3)12-8-6-7-11(10-12)13-2/h11-13H,4-10H2,1-3H3. The monoisotopic (exact) mass is 198 g/mol. The van der Waals surface area contributed by atoms with E-state index < -0.39 is 0 Å². The lowest BCUT2D eigenvalue weighted by atomic mass is 9.90. The number of rotatable bonds is 5. The van der Waals surface area contributed by atoms with Gasteiger partial charge in [-0.1, -0.05) is 19.8 Å². The summed E-state index contributed by atoms with van der Waals surface area (Å²) >= 11 is 0. The summed E-state index contributed by atoms with van der Waals surface area (Å²) in [6.07, 6.45) is 8.17. The minimum atomic E-state index is 0.762. The summed E-state index contributed by atoms with van der Waals surface area (Å²) < 4.78 is 0. The van der Waals surface area contributed by atoms with Crippen molar-refractivity contribution < 1.29 is 0 Å². The zero-order chi connectivity index (χ0) is 10.4. The molecule has 0 saturated heterocycles. The van der Waals surface area contributed by atoms with Crippen LogP contribution in [0.15, 0.2) is 0 Å². The molecule has 84 valence electrons. The van der Waals surface area contributed by atoms with Gasteiger partial charge in [-0.25, -0.2) is 0 Å². The molecule has 1 fully saturated rings. The van der Waals surface area contributed by atoms with E-state index in [1.54, 1.807) is 0 Å². The van der Waals surface area contributed by atoms with Crippen LogP contribution in [-0.2, 0) is 0 Å². The predicted molar refractivity (Wildman–Crippen MR) is 62.6 cm³/mol. The van der Waals surface area contributed by atoms with Gasteiger partial charge in [-0.3, -0.25) is 0 Å². The maximum absolute atomic E-state index is 3.42. The third-order valence-electron chi connectivity index (χ3n) is 3.54. The quantitative estimate of drug-likeness (QED) is 0.729. The van der Waals surface area contributed by atoms with Crippen LogP contribution in [0.1, 0.15) is 45.4 Å². The molecule has 0 aromatic rings. The summed E-state index contributed by atoms with van der Waals surface area (Å²) in [6.45, 7) is 3.54. The Labute approximate surface area is 89.1 Å². The van der Waals surface area contributed by atoms with E-state index in [-0.39, 0.29) is 0 Å². The van der Waals surface area contributed by atoms with Gasteiger partial charge in [0.1, 0.15) is 0 Å². The summed E-state index contributed by atoms with van der Waals surface area (Å²) in [6, 6.07) is 1.59. The first-order valence-electron chi connectivity index (χ1n) is 6.15. The molecule has 0 radical (unpaired) electrons. The highest BCUT2D eigenvalue weighted by Gasteiger charge is 2.23. The smallest absolute Gasteiger partial charge is 0.0107 e. The highest BCUT2D eigenvalue weighted by Crippen LogP contribution is 2.22. The summed E-state index contributed by atoms with van der Waals surface area (Å²) in [5, 5.41) is 3.42. The van der Waals surface area contributed by atoms with Gasteiger partial charge in [-0.2, -0.15) is 0 Å². The van der Waals surface area contributed by atoms with Gasteiger partial charge in [0.05, 0.1) is 0 Å². The molecule has 1 aliphatic carbocycles. The lowest BCUT2D eigenvalue weighted by Gasteiger charge is -2.35. The average Bonchev–Trinajstić information content (AvgIpc) is 2.26. The zero-order valence-electron chi connectivity index (χ0n) is 10.1. The average molecular weight is 198 g/mol. The van der Waals surface area contributed by atoms with Crippen LogP contribution in [0.3, 0.4) is 0 Å². The van der Waals surface area contributed by atoms with E-state index in [2.05, 4.69) is 31.2 Å². The fourth-order valence-corrected chi connectivity index (χ4v) is 2.42. The van der Waals surface area contributed by atoms with Crippen molar-refractivity contribution in [1.29, 1.82) is 0 Å². The number of nitrogens with one attached hydrogen (secondary N) is 1. The van der Waals surface area contributed by atoms with Crippen molar-refractivity contribution in [3.05, 3.63) is 0 Å². The molecule has 2 atom stereocenters. The van der Waals surface area contributed by atoms with E-state index >= 15 is 0 Å². The third-order valence-corrected chi connectivity index (χ3v) is 3.54. The molecule has 0 spiro atoms. The SMILES string of the molecule is CCCCN(C)C1CCCC(NC)C1. The van der Waals surface area contributed by atoms with Crippen LogP contribution in [0, 0.1) is 0 Å². The Morgan fingerprint density at radius 3 is 2.79 bits per heavy atom. The van der Waals surface area contributed by atoms with Crippen LogP contribution in [0.5, 0.6) is 0 Å². The normalized spacial score (nSPS) is 28.3. The van der Waals surface area contributed by atoms with Gasteiger partial charge in [0, 0.05) is 12.1 Å². The van der Waals surface area contributed by atoms with Crippen LogP contribution in [0.4, 0.5) is 0 Å². The molecule has 0 bridgehead atoms. The van der Waals surface area contributed by atoms with Gasteiger partial charge in [-0.05, 0) is 46.3 Å². The number of nitrogens with zero attached hydrogens (tertiary/aromatic N) is 1. The van der Waals surface area contributed by atoms with Gasteiger partial charge in [0.25, 0.3) is 0 Å². The Hall–Kier alpha value is -0.0800. The summed E-state index contributed by atoms with van der Waals surface area (Å²) in [5.74, 6) is 0. The van der Waals surface area contributed by atoms with Crippen molar-refractivity contribution in [2.24, 2.45) is 0 Å². The molecular weight excluding hydrogens is 172 g/mol. The second-order valence-corrected chi connectivity index (χ2v) is 4.64. The highest BCUT2D eigenvalue weighted by molar-refractivity contribution is 4.81. The summed E-state index contributed by atoms with van der Waals surface area (Å²) in [5.41, 5.74) is 0. The van der Waals surface area contributed by atoms with Crippen LogP contribution >= 0.6 is 0 Å². The van der Waals surface area contributed by atoms with E-state index in [0.717, 1.165) is 12.1 Å². The molecule has 1 N–H and O–H groups in total. The van der Waals surface area contributed by atoms with Gasteiger partial charge in [0.2, 0.25) is 0 Å². The van der Waals surface area contributed by atoms with Crippen molar-refractivity contribution in [3.63, 3.8) is 0 Å². The van der Waals surface area contributed by atoms with Crippen molar-refractivity contribution >= 4 is 0 Å². The van der Waals surface area contributed by atoms with Crippen LogP contribution in [0.2, 0.25) is 0 Å². The van der Waals surface area contributed by atoms with E-state index in [1.807, 2.05) is 0 Å². The van der Waals surface area contributed by atoms with E-state index in [4.69, 9.17) is 0 Å². The zero-order valence-corrected chi connectivity index (χ0v) is 10.1. The molecule has 2 unspecified atom stereocenters. The first-order valence-corrected chi connectivity index (χ1v) is 6.15. The minimum Gasteiger partial charge on any atom is -0.317 e. The second-order valence-electron chi connectivity index (χ2n) is 4.64. The molecule has 1 rings (SSSR count). The van der Waals surface area contributed by atoms with Crippen LogP contribution < -0.4 is 5.32 Å². The van der Waals surface area contributed by atoms with E-state index in [0.29, 0.717) is 0 Å². The van der Waals surface area contributed by atoms with Gasteiger partial charge in [0.15, 0.2) is 0 Å². The highest BCUT2D eigenvalue weighted by atomic mass is 15.1. The number of hydrogen-bond donors (Lipinski definition) is 1. The van der Waals surface area contributed by atoms with Crippen LogP contribution in [-0.4, -0.2) is 37.6 Å². The first-order chi connectivity index (χ1) is 6.77. The molecule has 0 heterocycles. The third kappa shape index (κ3) is 3.58. The fourth-order valence-electron chi connectivity index (χ4n) is 2.42. The van der Waals surface area contributed by atoms with E-state index in [1.165, 1.54) is 45.1 Å². The van der Waals surface area contributed by atoms with Crippen molar-refractivity contribution in [2.45, 2.75) is 57.5 Å². The molecule has 1 saturated carbocycles. The molecule has 0 aliphatic heterocycles. The summed E-state index contributed by atoms with van der Waals surface area (Å²) in [4.78, 5) is 2.56. The Morgan fingerprint density at radius 2 is 2.14 bits per heavy atom. The maximum Gasteiger partial charge on any atom is 0.0107 e. The lowest BCUT2D eigenvalue weighted by molar-refractivity contribution is 0.170. The molecule has 2 heteroatoms. The Morgan fingerprint density at radius 1 is 1.36 bits per heavy atom. The Balaban J connectivity index is 2.27. The first kappa shape index (κ1) is 12.0. The van der Waals surface area contributed by atoms with E-state index in [9.17, 15) is 0 Å². The van der Waals surface area contributed by atoms with Gasteiger partial charge < -0.3 is 10.2 Å². The van der Waals surface area contributed by atoms with Crippen molar-refractivity contribution in [3.8, 4) is 0 Å². The predicted octanol–water partition coefficient (Wildman–Crippen LogP) is 2.25. The topological polar surface area (TPSA) is 15.3 Å². The Bertz CT molecular complexity index is 147. The molecule has 1 aliphatic rings. The number of hydrogen-bond acceptors (Lipinski definition) is 2. The molecule has 0 amide bonds. The lowest BCUT2D eigenvalue weighted by Crippen LogP contribution is -2.42. The van der Waals surface area contributed by atoms with Crippen LogP contribution in [0.25, 0.3) is 0 Å². The van der Waals surface area contributed by atoms with Gasteiger partial charge >= 0.3 is 0 Å². The molecule has 14 heavy (non-hydrogen) atoms. The van der Waals surface area contributed by atoms with Crippen molar-refractivity contribution in [1.82, 2.24) is 10.2 Å². The molecule has 0 aromatic carbocycles.